The van der Waals surface area contributed by atoms with Crippen LogP contribution in [0.3, 0.4) is 0 Å². The SMILES string of the molecule is CC(=O)N(CCN1CCN(C)CC1)Cc1ccccc1. The molecule has 0 spiro atoms. The van der Waals surface area contributed by atoms with Gasteiger partial charge in [0.15, 0.2) is 0 Å². The van der Waals surface area contributed by atoms with Gasteiger partial charge >= 0.3 is 0 Å². The summed E-state index contributed by atoms with van der Waals surface area (Å²) in [7, 11) is 2.16. The summed E-state index contributed by atoms with van der Waals surface area (Å²) in [6.07, 6.45) is 0. The van der Waals surface area contributed by atoms with Gasteiger partial charge in [-0.15, -0.1) is 0 Å². The van der Waals surface area contributed by atoms with Crippen LogP contribution in [0.1, 0.15) is 12.5 Å². The fourth-order valence-corrected chi connectivity index (χ4v) is 2.49. The van der Waals surface area contributed by atoms with E-state index in [1.807, 2.05) is 23.1 Å². The van der Waals surface area contributed by atoms with E-state index in [1.165, 1.54) is 5.56 Å². The Bertz CT molecular complexity index is 413. The first-order valence-corrected chi connectivity index (χ1v) is 7.35. The molecule has 110 valence electrons. The number of carbonyl (C=O) groups excluding carboxylic acids is 1. The second-order valence-corrected chi connectivity index (χ2v) is 5.57. The van der Waals surface area contributed by atoms with E-state index in [0.717, 1.165) is 39.3 Å². The molecule has 1 saturated heterocycles. The molecule has 1 aliphatic rings. The zero-order chi connectivity index (χ0) is 14.4. The van der Waals surface area contributed by atoms with Gasteiger partial charge in [0.1, 0.15) is 0 Å². The Morgan fingerprint density at radius 3 is 2.40 bits per heavy atom. The minimum absolute atomic E-state index is 0.156. The van der Waals surface area contributed by atoms with Gasteiger partial charge in [-0.2, -0.15) is 0 Å². The number of benzene rings is 1. The average Bonchev–Trinajstić information content (AvgIpc) is 2.46. The van der Waals surface area contributed by atoms with Crippen LogP contribution in [0.15, 0.2) is 30.3 Å². The van der Waals surface area contributed by atoms with Crippen LogP contribution in [-0.4, -0.2) is 66.9 Å². The molecule has 0 saturated carbocycles. The van der Waals surface area contributed by atoms with E-state index >= 15 is 0 Å². The second-order valence-electron chi connectivity index (χ2n) is 5.57. The molecule has 0 aliphatic carbocycles. The maximum absolute atomic E-state index is 11.8. The van der Waals surface area contributed by atoms with Crippen LogP contribution in [-0.2, 0) is 11.3 Å². The Labute approximate surface area is 122 Å². The van der Waals surface area contributed by atoms with E-state index in [0.29, 0.717) is 6.54 Å². The van der Waals surface area contributed by atoms with Gasteiger partial charge < -0.3 is 9.80 Å². The Hall–Kier alpha value is -1.39. The third kappa shape index (κ3) is 4.62. The number of likely N-dealkylation sites (N-methyl/N-ethyl adjacent to an activating group) is 1. The van der Waals surface area contributed by atoms with Crippen molar-refractivity contribution >= 4 is 5.91 Å². The fraction of sp³-hybridized carbons (Fsp3) is 0.562. The van der Waals surface area contributed by atoms with E-state index < -0.39 is 0 Å². The normalized spacial score (nSPS) is 17.1. The van der Waals surface area contributed by atoms with Crippen LogP contribution in [0, 0.1) is 0 Å². The first-order chi connectivity index (χ1) is 9.65. The molecule has 1 heterocycles. The van der Waals surface area contributed by atoms with Crippen molar-refractivity contribution in [2.75, 3.05) is 46.3 Å². The van der Waals surface area contributed by atoms with E-state index in [9.17, 15) is 4.79 Å². The largest absolute Gasteiger partial charge is 0.337 e. The van der Waals surface area contributed by atoms with Crippen LogP contribution in [0.4, 0.5) is 0 Å². The molecule has 0 atom stereocenters. The highest BCUT2D eigenvalue weighted by atomic mass is 16.2. The average molecular weight is 275 g/mol. The molecule has 1 fully saturated rings. The van der Waals surface area contributed by atoms with E-state index in [2.05, 4.69) is 29.0 Å². The van der Waals surface area contributed by atoms with Crippen molar-refractivity contribution in [1.82, 2.24) is 14.7 Å². The maximum atomic E-state index is 11.8. The number of rotatable bonds is 5. The molecule has 20 heavy (non-hydrogen) atoms. The number of carbonyl (C=O) groups is 1. The van der Waals surface area contributed by atoms with Gasteiger partial charge in [-0.1, -0.05) is 30.3 Å². The molecule has 4 nitrogen and oxygen atoms in total. The van der Waals surface area contributed by atoms with Gasteiger partial charge in [-0.05, 0) is 12.6 Å². The minimum atomic E-state index is 0.156. The zero-order valence-electron chi connectivity index (χ0n) is 12.6. The number of hydrogen-bond acceptors (Lipinski definition) is 3. The van der Waals surface area contributed by atoms with E-state index in [-0.39, 0.29) is 5.91 Å². The van der Waals surface area contributed by atoms with Gasteiger partial charge in [0.2, 0.25) is 5.91 Å². The molecular weight excluding hydrogens is 250 g/mol. The van der Waals surface area contributed by atoms with Crippen LogP contribution in [0.5, 0.6) is 0 Å². The number of hydrogen-bond donors (Lipinski definition) is 0. The van der Waals surface area contributed by atoms with Gasteiger partial charge in [-0.25, -0.2) is 0 Å². The van der Waals surface area contributed by atoms with Crippen LogP contribution in [0.2, 0.25) is 0 Å². The molecule has 0 bridgehead atoms. The zero-order valence-corrected chi connectivity index (χ0v) is 12.6. The van der Waals surface area contributed by atoms with Crippen molar-refractivity contribution in [2.45, 2.75) is 13.5 Å². The molecule has 1 amide bonds. The molecule has 4 heteroatoms. The third-order valence-electron chi connectivity index (χ3n) is 3.94. The number of piperazine rings is 1. The monoisotopic (exact) mass is 275 g/mol. The summed E-state index contributed by atoms with van der Waals surface area (Å²) in [5.74, 6) is 0.156. The first kappa shape index (κ1) is 15.0. The lowest BCUT2D eigenvalue weighted by Crippen LogP contribution is -2.47. The molecule has 1 aromatic carbocycles. The van der Waals surface area contributed by atoms with E-state index in [4.69, 9.17) is 0 Å². The lowest BCUT2D eigenvalue weighted by molar-refractivity contribution is -0.129. The molecular formula is C16H25N3O. The molecule has 0 unspecified atom stereocenters. The number of amides is 1. The summed E-state index contributed by atoms with van der Waals surface area (Å²) in [6.45, 7) is 8.61. The summed E-state index contributed by atoms with van der Waals surface area (Å²) in [5.41, 5.74) is 1.20. The Morgan fingerprint density at radius 2 is 1.80 bits per heavy atom. The number of nitrogens with zero attached hydrogens (tertiary/aromatic N) is 3. The smallest absolute Gasteiger partial charge is 0.219 e. The molecule has 0 radical (unpaired) electrons. The third-order valence-corrected chi connectivity index (χ3v) is 3.94. The maximum Gasteiger partial charge on any atom is 0.219 e. The Kier molecular flexibility index (Phi) is 5.56. The molecule has 1 aromatic rings. The first-order valence-electron chi connectivity index (χ1n) is 7.35. The lowest BCUT2D eigenvalue weighted by atomic mass is 10.2. The van der Waals surface area contributed by atoms with Gasteiger partial charge in [0.25, 0.3) is 0 Å². The van der Waals surface area contributed by atoms with Crippen LogP contribution < -0.4 is 0 Å². The molecule has 2 rings (SSSR count). The van der Waals surface area contributed by atoms with Crippen LogP contribution >= 0.6 is 0 Å². The highest BCUT2D eigenvalue weighted by molar-refractivity contribution is 5.73. The lowest BCUT2D eigenvalue weighted by Gasteiger charge is -2.33. The summed E-state index contributed by atoms with van der Waals surface area (Å²) in [4.78, 5) is 18.5. The molecule has 0 N–H and O–H groups in total. The second kappa shape index (κ2) is 7.41. The standard InChI is InChI=1S/C16H25N3O/c1-15(20)19(14-16-6-4-3-5-7-16)13-12-18-10-8-17(2)9-11-18/h3-7H,8-14H2,1-2H3. The Morgan fingerprint density at radius 1 is 1.15 bits per heavy atom. The van der Waals surface area contributed by atoms with E-state index in [1.54, 1.807) is 6.92 Å². The highest BCUT2D eigenvalue weighted by Gasteiger charge is 2.16. The van der Waals surface area contributed by atoms with Crippen molar-refractivity contribution in [3.63, 3.8) is 0 Å². The minimum Gasteiger partial charge on any atom is -0.337 e. The van der Waals surface area contributed by atoms with Gasteiger partial charge in [0.05, 0.1) is 0 Å². The van der Waals surface area contributed by atoms with Crippen molar-refractivity contribution < 1.29 is 4.79 Å². The van der Waals surface area contributed by atoms with Crippen molar-refractivity contribution in [2.24, 2.45) is 0 Å². The molecule has 0 aromatic heterocycles. The van der Waals surface area contributed by atoms with Gasteiger partial charge in [0, 0.05) is 52.7 Å². The summed E-state index contributed by atoms with van der Waals surface area (Å²) in [6, 6.07) is 10.2. The van der Waals surface area contributed by atoms with Crippen molar-refractivity contribution in [3.05, 3.63) is 35.9 Å². The van der Waals surface area contributed by atoms with Crippen LogP contribution in [0.25, 0.3) is 0 Å². The fourth-order valence-electron chi connectivity index (χ4n) is 2.49. The summed E-state index contributed by atoms with van der Waals surface area (Å²) >= 11 is 0. The quantitative estimate of drug-likeness (QED) is 0.810. The topological polar surface area (TPSA) is 26.8 Å². The summed E-state index contributed by atoms with van der Waals surface area (Å²) < 4.78 is 0. The predicted octanol–water partition coefficient (Wildman–Crippen LogP) is 1.28. The van der Waals surface area contributed by atoms with Crippen molar-refractivity contribution in [3.8, 4) is 0 Å². The highest BCUT2D eigenvalue weighted by Crippen LogP contribution is 2.06. The van der Waals surface area contributed by atoms with Crippen molar-refractivity contribution in [1.29, 1.82) is 0 Å². The van der Waals surface area contributed by atoms with Gasteiger partial charge in [-0.3, -0.25) is 9.69 Å². The summed E-state index contributed by atoms with van der Waals surface area (Å²) in [5, 5.41) is 0. The predicted molar refractivity (Wildman–Crippen MR) is 81.5 cm³/mol. The molecule has 1 aliphatic heterocycles. The Balaban J connectivity index is 1.82.